The molecule has 49 heavy (non-hydrogen) atoms. The molecule has 0 bridgehead atoms. The van der Waals surface area contributed by atoms with Gasteiger partial charge in [0.25, 0.3) is 0 Å². The van der Waals surface area contributed by atoms with E-state index in [1.165, 1.54) is 0 Å². The molecule has 1 saturated heterocycles. The van der Waals surface area contributed by atoms with Crippen LogP contribution >= 0.6 is 0 Å². The van der Waals surface area contributed by atoms with Gasteiger partial charge >= 0.3 is 59.9 Å². The van der Waals surface area contributed by atoms with Crippen molar-refractivity contribution >= 4 is 59.9 Å². The standard InChI is InChI=1S/C35H70O7Si7/c1-15-29-43(22-8)36-44(23-9,30-16-2)38-46(25-11,32-18-4)40-48(27-13,34-20-6)42-49(28-14,35-21-7)41-47(26-12,33-19-5)39-45(24-10,37-43)31-17-3/h22-28H,8-21,29-35H2,1-7H3. The fourth-order valence-corrected chi connectivity index (χ4v) is 43.5. The summed E-state index contributed by atoms with van der Waals surface area (Å²) >= 11 is 0. The van der Waals surface area contributed by atoms with E-state index in [-0.39, 0.29) is 0 Å². The van der Waals surface area contributed by atoms with Gasteiger partial charge in [-0.25, -0.2) is 0 Å². The van der Waals surface area contributed by atoms with Crippen molar-refractivity contribution in [2.24, 2.45) is 0 Å². The maximum absolute atomic E-state index is 7.48. The summed E-state index contributed by atoms with van der Waals surface area (Å²) < 4.78 is 52.4. The molecule has 0 amide bonds. The highest BCUT2D eigenvalue weighted by atomic mass is 28.5. The lowest BCUT2D eigenvalue weighted by Gasteiger charge is -2.50. The van der Waals surface area contributed by atoms with Crippen LogP contribution in [0.5, 0.6) is 0 Å². The Morgan fingerprint density at radius 2 is 0.367 bits per heavy atom. The average molecular weight is 800 g/mol. The van der Waals surface area contributed by atoms with Gasteiger partial charge in [0.2, 0.25) is 0 Å². The molecule has 7 nitrogen and oxygen atoms in total. The number of rotatable bonds is 21. The van der Waals surface area contributed by atoms with Crippen LogP contribution in [-0.4, -0.2) is 59.9 Å². The molecule has 14 heteroatoms. The second-order valence-corrected chi connectivity index (χ2v) is 36.5. The van der Waals surface area contributed by atoms with E-state index in [1.807, 2.05) is 39.9 Å². The van der Waals surface area contributed by atoms with Gasteiger partial charge in [0, 0.05) is 0 Å². The van der Waals surface area contributed by atoms with E-state index >= 15 is 0 Å². The minimum absolute atomic E-state index is 0.682. The number of hydrogen-bond acceptors (Lipinski definition) is 7. The summed E-state index contributed by atoms with van der Waals surface area (Å²) in [5.74, 6) is 0. The molecule has 0 N–H and O–H groups in total. The Morgan fingerprint density at radius 1 is 0.265 bits per heavy atom. The zero-order valence-corrected chi connectivity index (χ0v) is 39.2. The van der Waals surface area contributed by atoms with Crippen molar-refractivity contribution in [3.05, 3.63) is 85.9 Å². The molecule has 0 radical (unpaired) electrons. The first-order valence-electron chi connectivity index (χ1n) is 18.7. The summed E-state index contributed by atoms with van der Waals surface area (Å²) in [5, 5.41) is 0. The quantitative estimate of drug-likeness (QED) is 0.107. The zero-order chi connectivity index (χ0) is 37.3. The van der Waals surface area contributed by atoms with Crippen LogP contribution in [-0.2, 0) is 28.8 Å². The zero-order valence-electron chi connectivity index (χ0n) is 32.2. The first kappa shape index (κ1) is 46.4. The SMILES string of the molecule is C=C[Si]1(CCC)O[Si](C=C)(CCC)O[Si](C=C)(CCC)O[Si](C=C)(CCC)O[Si](C=C)(CCC)O[Si](C=C)(CCC)O[Si](C=C)(CCC)O1. The van der Waals surface area contributed by atoms with E-state index in [2.05, 4.69) is 94.5 Å². The molecule has 0 saturated carbocycles. The summed E-state index contributed by atoms with van der Waals surface area (Å²) in [6, 6.07) is 4.78. The smallest absolute Gasteiger partial charge is 0.347 e. The minimum atomic E-state index is -3.25. The predicted molar refractivity (Wildman–Crippen MR) is 225 cm³/mol. The molecule has 0 aromatic heterocycles. The Hall–Kier alpha value is -0.582. The molecule has 0 aliphatic carbocycles. The van der Waals surface area contributed by atoms with Crippen LogP contribution in [0.25, 0.3) is 0 Å². The van der Waals surface area contributed by atoms with E-state index in [4.69, 9.17) is 28.8 Å². The molecule has 0 aromatic carbocycles. The van der Waals surface area contributed by atoms with Crippen molar-refractivity contribution in [1.82, 2.24) is 0 Å². The monoisotopic (exact) mass is 798 g/mol. The molecule has 0 aromatic rings. The molecular formula is C35H70O7Si7. The molecule has 0 atom stereocenters. The molecule has 0 spiro atoms. The third kappa shape index (κ3) is 12.0. The maximum atomic E-state index is 7.48. The first-order valence-corrected chi connectivity index (χ1v) is 33.4. The second-order valence-electron chi connectivity index (χ2n) is 13.1. The van der Waals surface area contributed by atoms with E-state index in [1.54, 1.807) is 0 Å². The molecule has 280 valence electrons. The van der Waals surface area contributed by atoms with Crippen LogP contribution in [0.2, 0.25) is 42.3 Å². The van der Waals surface area contributed by atoms with E-state index in [9.17, 15) is 0 Å². The van der Waals surface area contributed by atoms with Crippen molar-refractivity contribution in [2.75, 3.05) is 0 Å². The molecule has 1 aliphatic heterocycles. The lowest BCUT2D eigenvalue weighted by atomic mass is 10.6. The first-order chi connectivity index (χ1) is 23.3. The molecule has 1 heterocycles. The summed E-state index contributed by atoms with van der Waals surface area (Å²) in [4.78, 5) is 0. The fourth-order valence-electron chi connectivity index (χ4n) is 6.64. The number of hydrogen-bond donors (Lipinski definition) is 0. The van der Waals surface area contributed by atoms with Crippen LogP contribution in [0.3, 0.4) is 0 Å². The summed E-state index contributed by atoms with van der Waals surface area (Å²) in [6.07, 6.45) is 5.86. The summed E-state index contributed by atoms with van der Waals surface area (Å²) in [7, 11) is -22.8. The largest absolute Gasteiger partial charge is 0.409 e. The van der Waals surface area contributed by atoms with Gasteiger partial charge in [0.15, 0.2) is 0 Å². The third-order valence-corrected chi connectivity index (χ3v) is 40.9. The average Bonchev–Trinajstić information content (AvgIpc) is 3.08. The van der Waals surface area contributed by atoms with Crippen LogP contribution < -0.4 is 0 Å². The normalized spacial score (nSPS) is 36.1. The van der Waals surface area contributed by atoms with Gasteiger partial charge in [-0.2, -0.15) is 0 Å². The van der Waals surface area contributed by atoms with E-state index in [0.29, 0.717) is 42.3 Å². The van der Waals surface area contributed by atoms with Crippen molar-refractivity contribution < 1.29 is 28.8 Å². The molecule has 0 unspecified atom stereocenters. The second kappa shape index (κ2) is 21.2. The Labute approximate surface area is 309 Å². The lowest BCUT2D eigenvalue weighted by Crippen LogP contribution is -2.68. The highest BCUT2D eigenvalue weighted by Crippen LogP contribution is 2.41. The van der Waals surface area contributed by atoms with Gasteiger partial charge in [0.1, 0.15) is 0 Å². The highest BCUT2D eigenvalue weighted by Gasteiger charge is 2.60. The van der Waals surface area contributed by atoms with Crippen molar-refractivity contribution in [3.8, 4) is 0 Å². The van der Waals surface area contributed by atoms with E-state index in [0.717, 1.165) is 44.9 Å². The van der Waals surface area contributed by atoms with Crippen LogP contribution in [0, 0.1) is 0 Å². The van der Waals surface area contributed by atoms with Crippen LogP contribution in [0.1, 0.15) is 93.4 Å². The van der Waals surface area contributed by atoms with E-state index < -0.39 is 59.9 Å². The Kier molecular flexibility index (Phi) is 20.1. The van der Waals surface area contributed by atoms with Gasteiger partial charge in [-0.15, -0.1) is 46.1 Å². The van der Waals surface area contributed by atoms with Gasteiger partial charge < -0.3 is 28.8 Å². The van der Waals surface area contributed by atoms with Gasteiger partial charge in [0.05, 0.1) is 0 Å². The third-order valence-electron chi connectivity index (χ3n) is 8.78. The van der Waals surface area contributed by atoms with Crippen LogP contribution in [0.15, 0.2) is 85.9 Å². The summed E-state index contributed by atoms with van der Waals surface area (Å²) in [5.41, 5.74) is 13.5. The van der Waals surface area contributed by atoms with Crippen molar-refractivity contribution in [2.45, 2.75) is 136 Å². The molecule has 1 aliphatic rings. The van der Waals surface area contributed by atoms with Crippen molar-refractivity contribution in [1.29, 1.82) is 0 Å². The predicted octanol–water partition coefficient (Wildman–Crippen LogP) is 11.2. The fraction of sp³-hybridized carbons (Fsp3) is 0.600. The minimum Gasteiger partial charge on any atom is -0.409 e. The van der Waals surface area contributed by atoms with Crippen molar-refractivity contribution in [3.63, 3.8) is 0 Å². The highest BCUT2D eigenvalue weighted by molar-refractivity contribution is 7.00. The maximum Gasteiger partial charge on any atom is 0.347 e. The van der Waals surface area contributed by atoms with Gasteiger partial charge in [-0.1, -0.05) is 133 Å². The Morgan fingerprint density at radius 3 is 0.429 bits per heavy atom. The Bertz CT molecular complexity index is 852. The van der Waals surface area contributed by atoms with Crippen LogP contribution in [0.4, 0.5) is 0 Å². The molecule has 1 fully saturated rings. The topological polar surface area (TPSA) is 64.6 Å². The molecule has 1 rings (SSSR count). The van der Waals surface area contributed by atoms with Gasteiger partial charge in [-0.3, -0.25) is 0 Å². The molecular weight excluding hydrogens is 729 g/mol. The lowest BCUT2D eigenvalue weighted by molar-refractivity contribution is 0.235. The van der Waals surface area contributed by atoms with Gasteiger partial charge in [-0.05, 0) is 42.3 Å². The summed E-state index contributed by atoms with van der Waals surface area (Å²) in [6.45, 7) is 45.6. The Balaban J connectivity index is 4.55.